The summed E-state index contributed by atoms with van der Waals surface area (Å²) in [5, 5.41) is 11.4. The van der Waals surface area contributed by atoms with Crippen molar-refractivity contribution < 1.29 is 14.6 Å². The largest absolute Gasteiger partial charge is 0.458 e. The highest BCUT2D eigenvalue weighted by Gasteiger charge is 2.06. The molecule has 1 N–H and O–H groups in total. The molecule has 98 valence electrons. The number of hydrogen-bond acceptors (Lipinski definition) is 5. The standard InChI is InChI=1S/C12H20O3S2/c1-4-10(3)17-16-8-6-7-15-12(14)11(5-2)9-13/h5-6,8,10,13H,4,7,9H2,1-3H3/b8-6-,11-5-/t10-/m1/s1. The fourth-order valence-electron chi connectivity index (χ4n) is 0.764. The van der Waals surface area contributed by atoms with Gasteiger partial charge in [-0.15, -0.1) is 0 Å². The van der Waals surface area contributed by atoms with Crippen molar-refractivity contribution in [2.45, 2.75) is 32.4 Å². The molecule has 0 amide bonds. The van der Waals surface area contributed by atoms with Crippen LogP contribution in [0, 0.1) is 0 Å². The van der Waals surface area contributed by atoms with Gasteiger partial charge in [0, 0.05) is 5.25 Å². The van der Waals surface area contributed by atoms with Gasteiger partial charge in [-0.25, -0.2) is 4.79 Å². The van der Waals surface area contributed by atoms with Crippen molar-refractivity contribution in [3.63, 3.8) is 0 Å². The number of carbonyl (C=O) groups is 1. The maximum absolute atomic E-state index is 11.3. The molecule has 0 saturated heterocycles. The fraction of sp³-hybridized carbons (Fsp3) is 0.583. The molecule has 17 heavy (non-hydrogen) atoms. The number of hydrogen-bond donors (Lipinski definition) is 1. The van der Waals surface area contributed by atoms with Crippen LogP contribution in [0.1, 0.15) is 27.2 Å². The molecule has 0 aliphatic rings. The molecule has 0 rings (SSSR count). The van der Waals surface area contributed by atoms with E-state index in [0.717, 1.165) is 6.42 Å². The van der Waals surface area contributed by atoms with Crippen molar-refractivity contribution in [2.75, 3.05) is 13.2 Å². The molecule has 0 bridgehead atoms. The molecule has 0 fully saturated rings. The zero-order chi connectivity index (χ0) is 13.1. The van der Waals surface area contributed by atoms with E-state index >= 15 is 0 Å². The average Bonchev–Trinajstić information content (AvgIpc) is 2.34. The number of aliphatic hydroxyl groups excluding tert-OH is 1. The number of rotatable bonds is 8. The summed E-state index contributed by atoms with van der Waals surface area (Å²) in [7, 11) is 3.43. The van der Waals surface area contributed by atoms with Crippen LogP contribution in [0.15, 0.2) is 23.1 Å². The second-order valence-electron chi connectivity index (χ2n) is 3.35. The van der Waals surface area contributed by atoms with Gasteiger partial charge in [-0.05, 0) is 24.8 Å². The Hall–Kier alpha value is -0.390. The lowest BCUT2D eigenvalue weighted by Crippen LogP contribution is -2.10. The molecule has 0 radical (unpaired) electrons. The number of allylic oxidation sites excluding steroid dienone is 1. The minimum absolute atomic E-state index is 0.240. The maximum atomic E-state index is 11.3. The molecule has 0 unspecified atom stereocenters. The van der Waals surface area contributed by atoms with E-state index in [0.29, 0.717) is 10.8 Å². The molecule has 0 aliphatic heterocycles. The predicted molar refractivity (Wildman–Crippen MR) is 75.9 cm³/mol. The van der Waals surface area contributed by atoms with Crippen LogP contribution < -0.4 is 0 Å². The van der Waals surface area contributed by atoms with Crippen LogP contribution in [0.25, 0.3) is 0 Å². The first kappa shape index (κ1) is 16.6. The zero-order valence-corrected chi connectivity index (χ0v) is 12.1. The van der Waals surface area contributed by atoms with Crippen molar-refractivity contribution >= 4 is 27.6 Å². The molecule has 0 aromatic carbocycles. The molecule has 1 atom stereocenters. The fourth-order valence-corrected chi connectivity index (χ4v) is 2.72. The van der Waals surface area contributed by atoms with Crippen molar-refractivity contribution in [3.8, 4) is 0 Å². The normalized spacial score (nSPS) is 14.0. The van der Waals surface area contributed by atoms with E-state index < -0.39 is 5.97 Å². The van der Waals surface area contributed by atoms with Crippen LogP contribution in [0.3, 0.4) is 0 Å². The van der Waals surface area contributed by atoms with Gasteiger partial charge in [0.05, 0.1) is 12.2 Å². The van der Waals surface area contributed by atoms with Gasteiger partial charge in [0.2, 0.25) is 0 Å². The van der Waals surface area contributed by atoms with E-state index in [1.54, 1.807) is 40.7 Å². The number of aliphatic hydroxyl groups is 1. The highest BCUT2D eigenvalue weighted by molar-refractivity contribution is 8.78. The Kier molecular flexibility index (Phi) is 10.5. The summed E-state index contributed by atoms with van der Waals surface area (Å²) in [6.45, 7) is 5.98. The first-order valence-corrected chi connectivity index (χ1v) is 7.83. The lowest BCUT2D eigenvalue weighted by Gasteiger charge is -2.04. The van der Waals surface area contributed by atoms with Crippen LogP contribution in [0.5, 0.6) is 0 Å². The first-order valence-electron chi connectivity index (χ1n) is 5.56. The van der Waals surface area contributed by atoms with E-state index in [2.05, 4.69) is 13.8 Å². The summed E-state index contributed by atoms with van der Waals surface area (Å²) in [6, 6.07) is 0. The summed E-state index contributed by atoms with van der Waals surface area (Å²) in [6.07, 6.45) is 4.49. The topological polar surface area (TPSA) is 46.5 Å². The Bertz CT molecular complexity index is 275. The molecule has 0 heterocycles. The van der Waals surface area contributed by atoms with Crippen LogP contribution in [-0.2, 0) is 9.53 Å². The van der Waals surface area contributed by atoms with Gasteiger partial charge in [-0.2, -0.15) is 0 Å². The third kappa shape index (κ3) is 8.35. The van der Waals surface area contributed by atoms with E-state index in [1.807, 2.05) is 5.41 Å². The Morgan fingerprint density at radius 1 is 1.53 bits per heavy atom. The summed E-state index contributed by atoms with van der Waals surface area (Å²) in [5.41, 5.74) is 0.292. The first-order chi connectivity index (χ1) is 8.15. The molecule has 0 spiro atoms. The summed E-state index contributed by atoms with van der Waals surface area (Å²) >= 11 is 0. The minimum Gasteiger partial charge on any atom is -0.458 e. The Morgan fingerprint density at radius 3 is 2.76 bits per heavy atom. The second kappa shape index (κ2) is 10.7. The van der Waals surface area contributed by atoms with E-state index in [1.165, 1.54) is 0 Å². The number of carbonyl (C=O) groups excluding carboxylic acids is 1. The second-order valence-corrected chi connectivity index (χ2v) is 5.97. The van der Waals surface area contributed by atoms with Gasteiger partial charge in [-0.3, -0.25) is 0 Å². The average molecular weight is 276 g/mol. The molecule has 0 aliphatic carbocycles. The third-order valence-corrected chi connectivity index (χ3v) is 4.77. The van der Waals surface area contributed by atoms with Crippen LogP contribution in [-0.4, -0.2) is 29.5 Å². The van der Waals surface area contributed by atoms with Crippen LogP contribution >= 0.6 is 21.6 Å². The smallest absolute Gasteiger partial charge is 0.336 e. The lowest BCUT2D eigenvalue weighted by molar-refractivity contribution is -0.138. The predicted octanol–water partition coefficient (Wildman–Crippen LogP) is 3.16. The summed E-state index contributed by atoms with van der Waals surface area (Å²) in [4.78, 5) is 11.3. The molecule has 0 saturated carbocycles. The molecular weight excluding hydrogens is 256 g/mol. The molecule has 5 heteroatoms. The van der Waals surface area contributed by atoms with Crippen LogP contribution in [0.4, 0.5) is 0 Å². The monoisotopic (exact) mass is 276 g/mol. The lowest BCUT2D eigenvalue weighted by atomic mass is 10.3. The maximum Gasteiger partial charge on any atom is 0.336 e. The molecule has 0 aromatic rings. The van der Waals surface area contributed by atoms with Crippen molar-refractivity contribution in [2.24, 2.45) is 0 Å². The van der Waals surface area contributed by atoms with E-state index in [-0.39, 0.29) is 13.2 Å². The van der Waals surface area contributed by atoms with Crippen LogP contribution in [0.2, 0.25) is 0 Å². The number of ether oxygens (including phenoxy) is 1. The molecule has 3 nitrogen and oxygen atoms in total. The van der Waals surface area contributed by atoms with Gasteiger partial charge in [-0.1, -0.05) is 41.5 Å². The number of esters is 1. The Morgan fingerprint density at radius 2 is 2.24 bits per heavy atom. The van der Waals surface area contributed by atoms with Gasteiger partial charge in [0.15, 0.2) is 0 Å². The van der Waals surface area contributed by atoms with Crippen molar-refractivity contribution in [1.82, 2.24) is 0 Å². The minimum atomic E-state index is -0.459. The van der Waals surface area contributed by atoms with E-state index in [9.17, 15) is 4.79 Å². The van der Waals surface area contributed by atoms with Gasteiger partial charge in [0.1, 0.15) is 6.61 Å². The third-order valence-electron chi connectivity index (χ3n) is 2.04. The molecule has 0 aromatic heterocycles. The highest BCUT2D eigenvalue weighted by atomic mass is 33.1. The summed E-state index contributed by atoms with van der Waals surface area (Å²) in [5.74, 6) is -0.459. The quantitative estimate of drug-likeness (QED) is 0.419. The SMILES string of the molecule is C/C=C(/CO)C(=O)OC/C=C\SS[C@H](C)CC. The van der Waals surface area contributed by atoms with Crippen molar-refractivity contribution in [1.29, 1.82) is 0 Å². The van der Waals surface area contributed by atoms with Gasteiger partial charge >= 0.3 is 5.97 Å². The Balaban J connectivity index is 3.70. The highest BCUT2D eigenvalue weighted by Crippen LogP contribution is 2.28. The van der Waals surface area contributed by atoms with Gasteiger partial charge < -0.3 is 9.84 Å². The summed E-state index contributed by atoms with van der Waals surface area (Å²) < 4.78 is 4.94. The molecular formula is C12H20O3S2. The Labute approximate surface area is 111 Å². The van der Waals surface area contributed by atoms with E-state index in [4.69, 9.17) is 9.84 Å². The van der Waals surface area contributed by atoms with Gasteiger partial charge in [0.25, 0.3) is 0 Å². The van der Waals surface area contributed by atoms with Crippen molar-refractivity contribution in [3.05, 3.63) is 23.1 Å². The zero-order valence-electron chi connectivity index (χ0n) is 10.5.